The second-order valence-corrected chi connectivity index (χ2v) is 15.0. The van der Waals surface area contributed by atoms with Crippen molar-refractivity contribution in [3.05, 3.63) is 48.6 Å². The van der Waals surface area contributed by atoms with Crippen LogP contribution < -0.4 is 9.64 Å². The SMILES string of the molecule is CCOc1ccc(N2CC=C[C@]3(C)S[C@]45C=CCN(C(C)(C)C)C(=O)C4N([C@@H](CO)[C@@H](C)CC)C(=O)[C@@H]5[C@@H]3C2=O)cc1. The van der Waals surface area contributed by atoms with Gasteiger partial charge in [0.1, 0.15) is 11.8 Å². The molecule has 2 fully saturated rings. The van der Waals surface area contributed by atoms with Gasteiger partial charge in [0.05, 0.1) is 35.8 Å². The first-order valence-electron chi connectivity index (χ1n) is 15.2. The predicted molar refractivity (Wildman–Crippen MR) is 166 cm³/mol. The van der Waals surface area contributed by atoms with E-state index in [0.29, 0.717) is 19.7 Å². The first-order chi connectivity index (χ1) is 19.8. The van der Waals surface area contributed by atoms with E-state index in [2.05, 4.69) is 6.08 Å². The Bertz CT molecular complexity index is 1290. The third-order valence-corrected chi connectivity index (χ3v) is 11.4. The average molecular weight is 596 g/mol. The molecule has 0 aliphatic carbocycles. The molecule has 1 unspecified atom stereocenters. The molecule has 0 bridgehead atoms. The van der Waals surface area contributed by atoms with Crippen molar-refractivity contribution < 1.29 is 24.2 Å². The van der Waals surface area contributed by atoms with Gasteiger partial charge in [-0.05, 0) is 64.8 Å². The van der Waals surface area contributed by atoms with Gasteiger partial charge < -0.3 is 24.5 Å². The molecule has 4 aliphatic rings. The van der Waals surface area contributed by atoms with Crippen LogP contribution in [0.2, 0.25) is 0 Å². The zero-order valence-corrected chi connectivity index (χ0v) is 26.7. The number of amides is 3. The smallest absolute Gasteiger partial charge is 0.247 e. The van der Waals surface area contributed by atoms with E-state index < -0.39 is 39.0 Å². The van der Waals surface area contributed by atoms with Gasteiger partial charge in [0.15, 0.2) is 0 Å². The van der Waals surface area contributed by atoms with E-state index in [9.17, 15) is 19.5 Å². The third kappa shape index (κ3) is 4.67. The van der Waals surface area contributed by atoms with Crippen molar-refractivity contribution in [3.63, 3.8) is 0 Å². The highest BCUT2D eigenvalue weighted by Gasteiger charge is 2.75. The summed E-state index contributed by atoms with van der Waals surface area (Å²) in [5, 5.41) is 10.6. The van der Waals surface area contributed by atoms with Gasteiger partial charge in [0.2, 0.25) is 17.7 Å². The number of carbonyl (C=O) groups is 3. The molecule has 7 atom stereocenters. The normalized spacial score (nSPS) is 32.3. The van der Waals surface area contributed by atoms with Gasteiger partial charge in [-0.25, -0.2) is 0 Å². The molecule has 0 radical (unpaired) electrons. The standard InChI is InChI=1S/C33H45N3O5S/c1-8-21(3)24(20-37)36-27-30(40)35(31(4,5)6)19-11-17-33(27)26(29(36)39)25-28(38)34(18-10-16-32(25,7)42-33)22-12-14-23(15-13-22)41-9-2/h10-17,21,24-27,37H,8-9,18-20H2,1-7H3/t21-,24-,25+,26-,27?,32-,33-/m0/s1. The molecule has 1 aromatic rings. The number of likely N-dealkylation sites (tertiary alicyclic amines) is 1. The highest BCUT2D eigenvalue weighted by molar-refractivity contribution is 8.02. The van der Waals surface area contributed by atoms with Crippen LogP contribution in [0.15, 0.2) is 48.6 Å². The lowest BCUT2D eigenvalue weighted by molar-refractivity contribution is -0.149. The summed E-state index contributed by atoms with van der Waals surface area (Å²) < 4.78 is 3.96. The van der Waals surface area contributed by atoms with Gasteiger partial charge >= 0.3 is 0 Å². The summed E-state index contributed by atoms with van der Waals surface area (Å²) in [7, 11) is 0. The van der Waals surface area contributed by atoms with E-state index >= 15 is 0 Å². The number of ether oxygens (including phenoxy) is 1. The number of hydrogen-bond acceptors (Lipinski definition) is 6. The van der Waals surface area contributed by atoms with E-state index in [-0.39, 0.29) is 30.2 Å². The number of aliphatic hydroxyl groups is 1. The Morgan fingerprint density at radius 1 is 1.00 bits per heavy atom. The fourth-order valence-corrected chi connectivity index (χ4v) is 9.50. The maximum absolute atomic E-state index is 14.8. The number of anilines is 1. The van der Waals surface area contributed by atoms with Gasteiger partial charge in [0.25, 0.3) is 0 Å². The zero-order valence-electron chi connectivity index (χ0n) is 25.9. The van der Waals surface area contributed by atoms with E-state index in [1.54, 1.807) is 21.6 Å². The van der Waals surface area contributed by atoms with Gasteiger partial charge in [0, 0.05) is 29.1 Å². The van der Waals surface area contributed by atoms with Crippen LogP contribution in [0.5, 0.6) is 5.75 Å². The fourth-order valence-electron chi connectivity index (χ4n) is 7.36. The maximum atomic E-state index is 14.8. The number of carbonyl (C=O) groups excluding carboxylic acids is 3. The molecule has 1 aromatic carbocycles. The highest BCUT2D eigenvalue weighted by atomic mass is 32.2. The molecule has 0 aromatic heterocycles. The first-order valence-corrected chi connectivity index (χ1v) is 16.0. The van der Waals surface area contributed by atoms with Gasteiger partial charge in [-0.2, -0.15) is 0 Å². The Kier molecular flexibility index (Phi) is 8.07. The van der Waals surface area contributed by atoms with Crippen LogP contribution in [-0.2, 0) is 14.4 Å². The van der Waals surface area contributed by atoms with Crippen molar-refractivity contribution in [1.82, 2.24) is 9.80 Å². The number of fused-ring (bicyclic) bond motifs is 2. The van der Waals surface area contributed by atoms with Crippen molar-refractivity contribution in [3.8, 4) is 5.75 Å². The number of thioether (sulfide) groups is 1. The van der Waals surface area contributed by atoms with Crippen molar-refractivity contribution in [2.24, 2.45) is 17.8 Å². The summed E-state index contributed by atoms with van der Waals surface area (Å²) in [5.41, 5.74) is 0.268. The average Bonchev–Trinajstić information content (AvgIpc) is 3.20. The minimum atomic E-state index is -0.948. The molecule has 8 nitrogen and oxygen atoms in total. The van der Waals surface area contributed by atoms with Crippen LogP contribution in [0.1, 0.15) is 54.9 Å². The molecule has 0 saturated carbocycles. The Morgan fingerprint density at radius 2 is 1.67 bits per heavy atom. The minimum Gasteiger partial charge on any atom is -0.494 e. The van der Waals surface area contributed by atoms with Gasteiger partial charge in [-0.15, -0.1) is 11.8 Å². The molecular formula is C33H45N3O5S. The minimum absolute atomic E-state index is 0.0283. The molecule has 1 N–H and O–H groups in total. The zero-order chi connectivity index (χ0) is 30.6. The number of hydrogen-bond donors (Lipinski definition) is 1. The van der Waals surface area contributed by atoms with Crippen LogP contribution in [0, 0.1) is 17.8 Å². The van der Waals surface area contributed by atoms with Crippen molar-refractivity contribution >= 4 is 35.2 Å². The van der Waals surface area contributed by atoms with Crippen LogP contribution in [0.25, 0.3) is 0 Å². The van der Waals surface area contributed by atoms with Crippen molar-refractivity contribution in [2.75, 3.05) is 31.2 Å². The Balaban J connectivity index is 1.64. The quantitative estimate of drug-likeness (QED) is 0.474. The van der Waals surface area contributed by atoms with Gasteiger partial charge in [-0.3, -0.25) is 14.4 Å². The predicted octanol–water partition coefficient (Wildman–Crippen LogP) is 4.28. The summed E-state index contributed by atoms with van der Waals surface area (Å²) in [6.45, 7) is 15.1. The second kappa shape index (κ2) is 11.1. The Hall–Kier alpha value is -2.78. The van der Waals surface area contributed by atoms with E-state index in [1.807, 2.05) is 95.9 Å². The summed E-state index contributed by atoms with van der Waals surface area (Å²) in [6.07, 6.45) is 8.87. The van der Waals surface area contributed by atoms with E-state index in [0.717, 1.165) is 17.9 Å². The lowest BCUT2D eigenvalue weighted by atomic mass is 9.74. The third-order valence-electron chi connectivity index (χ3n) is 9.61. The lowest BCUT2D eigenvalue weighted by Gasteiger charge is -2.43. The van der Waals surface area contributed by atoms with Crippen molar-refractivity contribution in [1.29, 1.82) is 0 Å². The maximum Gasteiger partial charge on any atom is 0.247 e. The summed E-state index contributed by atoms with van der Waals surface area (Å²) in [4.78, 5) is 49.3. The molecule has 3 amide bonds. The molecular weight excluding hydrogens is 550 g/mol. The second-order valence-electron chi connectivity index (χ2n) is 13.2. The number of benzene rings is 1. The van der Waals surface area contributed by atoms with Crippen LogP contribution in [0.4, 0.5) is 5.69 Å². The molecule has 2 saturated heterocycles. The molecule has 9 heteroatoms. The van der Waals surface area contributed by atoms with Gasteiger partial charge in [-0.1, -0.05) is 44.6 Å². The first kappa shape index (κ1) is 30.7. The van der Waals surface area contributed by atoms with Crippen LogP contribution in [-0.4, -0.2) is 86.0 Å². The summed E-state index contributed by atoms with van der Waals surface area (Å²) in [5.74, 6) is -1.22. The molecule has 42 heavy (non-hydrogen) atoms. The molecule has 4 heterocycles. The Labute approximate surface area is 254 Å². The number of aliphatic hydroxyl groups excluding tert-OH is 1. The summed E-state index contributed by atoms with van der Waals surface area (Å²) >= 11 is 1.57. The van der Waals surface area contributed by atoms with E-state index in [1.165, 1.54) is 0 Å². The van der Waals surface area contributed by atoms with Crippen LogP contribution >= 0.6 is 11.8 Å². The largest absolute Gasteiger partial charge is 0.494 e. The lowest BCUT2D eigenvalue weighted by Crippen LogP contribution is -2.60. The van der Waals surface area contributed by atoms with Crippen molar-refractivity contribution in [2.45, 2.75) is 82.0 Å². The number of nitrogens with zero attached hydrogens (tertiary/aromatic N) is 3. The number of rotatable bonds is 7. The van der Waals surface area contributed by atoms with E-state index in [4.69, 9.17) is 4.74 Å². The topological polar surface area (TPSA) is 90.4 Å². The molecule has 5 rings (SSSR count). The Morgan fingerprint density at radius 3 is 2.26 bits per heavy atom. The molecule has 4 aliphatic heterocycles. The molecule has 1 spiro atoms. The fraction of sp³-hybridized carbons (Fsp3) is 0.606. The van der Waals surface area contributed by atoms with Crippen LogP contribution in [0.3, 0.4) is 0 Å². The highest BCUT2D eigenvalue weighted by Crippen LogP contribution is 2.66. The summed E-state index contributed by atoms with van der Waals surface area (Å²) in [6, 6.07) is 6.11. The monoisotopic (exact) mass is 595 g/mol. The molecule has 228 valence electrons.